The normalized spacial score (nSPS) is 12.3. The number of hydrogen-bond donors (Lipinski definition) is 0. The van der Waals surface area contributed by atoms with Gasteiger partial charge in [-0.3, -0.25) is 9.59 Å². The van der Waals surface area contributed by atoms with Crippen molar-refractivity contribution in [3.05, 3.63) is 0 Å². The summed E-state index contributed by atoms with van der Waals surface area (Å²) in [6, 6.07) is 0. The van der Waals surface area contributed by atoms with E-state index in [2.05, 4.69) is 6.92 Å². The van der Waals surface area contributed by atoms with Crippen LogP contribution < -0.4 is 0 Å². The van der Waals surface area contributed by atoms with Crippen LogP contribution in [-0.2, 0) is 19.1 Å². The lowest BCUT2D eigenvalue weighted by Crippen LogP contribution is -2.33. The van der Waals surface area contributed by atoms with Gasteiger partial charge in [0.25, 0.3) is 0 Å². The molecule has 0 heterocycles. The van der Waals surface area contributed by atoms with Crippen LogP contribution in [0.2, 0.25) is 0 Å². The Morgan fingerprint density at radius 1 is 0.895 bits per heavy atom. The Labute approximate surface area is 116 Å². The van der Waals surface area contributed by atoms with Crippen LogP contribution in [0.1, 0.15) is 59.8 Å². The van der Waals surface area contributed by atoms with Crippen LogP contribution in [0.25, 0.3) is 0 Å². The smallest absolute Gasteiger partial charge is 0.320 e. The van der Waals surface area contributed by atoms with E-state index in [4.69, 9.17) is 9.47 Å². The quantitative estimate of drug-likeness (QED) is 0.348. The highest BCUT2D eigenvalue weighted by molar-refractivity contribution is 5.95. The van der Waals surface area contributed by atoms with E-state index in [1.165, 1.54) is 12.8 Å². The Balaban J connectivity index is 4.45. The SMILES string of the molecule is CCCCCC[C@H](C)C(C(=O)OCC)C(=O)OCC. The van der Waals surface area contributed by atoms with Gasteiger partial charge >= 0.3 is 11.9 Å². The molecule has 0 fully saturated rings. The van der Waals surface area contributed by atoms with Crippen molar-refractivity contribution < 1.29 is 19.1 Å². The van der Waals surface area contributed by atoms with Crippen LogP contribution >= 0.6 is 0 Å². The highest BCUT2D eigenvalue weighted by atomic mass is 16.6. The zero-order valence-electron chi connectivity index (χ0n) is 12.7. The van der Waals surface area contributed by atoms with Crippen LogP contribution in [0, 0.1) is 11.8 Å². The molecular formula is C15H28O4. The summed E-state index contributed by atoms with van der Waals surface area (Å²) in [5.74, 6) is -1.72. The first-order valence-electron chi connectivity index (χ1n) is 7.41. The summed E-state index contributed by atoms with van der Waals surface area (Å²) < 4.78 is 9.96. The third-order valence-corrected chi connectivity index (χ3v) is 3.16. The van der Waals surface area contributed by atoms with Gasteiger partial charge in [-0.05, 0) is 26.2 Å². The molecule has 0 aromatic rings. The van der Waals surface area contributed by atoms with Gasteiger partial charge in [0, 0.05) is 0 Å². The second kappa shape index (κ2) is 10.8. The number of rotatable bonds is 10. The average molecular weight is 272 g/mol. The summed E-state index contributed by atoms with van der Waals surface area (Å²) in [5.41, 5.74) is 0. The van der Waals surface area contributed by atoms with Gasteiger partial charge in [0.2, 0.25) is 0 Å². The van der Waals surface area contributed by atoms with E-state index in [0.717, 1.165) is 19.3 Å². The van der Waals surface area contributed by atoms with Crippen molar-refractivity contribution in [2.75, 3.05) is 13.2 Å². The fourth-order valence-electron chi connectivity index (χ4n) is 2.08. The maximum atomic E-state index is 11.9. The summed E-state index contributed by atoms with van der Waals surface area (Å²) in [7, 11) is 0. The Morgan fingerprint density at radius 2 is 1.42 bits per heavy atom. The minimum Gasteiger partial charge on any atom is -0.465 e. The Bertz CT molecular complexity index is 245. The molecule has 112 valence electrons. The lowest BCUT2D eigenvalue weighted by atomic mass is 9.89. The third kappa shape index (κ3) is 7.19. The van der Waals surface area contributed by atoms with Crippen molar-refractivity contribution >= 4 is 11.9 Å². The van der Waals surface area contributed by atoms with Crippen LogP contribution in [0.15, 0.2) is 0 Å². The highest BCUT2D eigenvalue weighted by Crippen LogP contribution is 2.22. The fourth-order valence-corrected chi connectivity index (χ4v) is 2.08. The third-order valence-electron chi connectivity index (χ3n) is 3.16. The molecule has 0 spiro atoms. The first kappa shape index (κ1) is 17.9. The molecule has 0 aliphatic rings. The van der Waals surface area contributed by atoms with Crippen molar-refractivity contribution in [3.63, 3.8) is 0 Å². The van der Waals surface area contributed by atoms with E-state index < -0.39 is 17.9 Å². The molecule has 0 bridgehead atoms. The molecule has 4 nitrogen and oxygen atoms in total. The fraction of sp³-hybridized carbons (Fsp3) is 0.867. The van der Waals surface area contributed by atoms with Gasteiger partial charge in [0.05, 0.1) is 13.2 Å². The number of unbranched alkanes of at least 4 members (excludes halogenated alkanes) is 3. The number of ether oxygens (including phenoxy) is 2. The van der Waals surface area contributed by atoms with Crippen molar-refractivity contribution in [2.45, 2.75) is 59.8 Å². The number of hydrogen-bond acceptors (Lipinski definition) is 4. The van der Waals surface area contributed by atoms with Crippen molar-refractivity contribution in [1.82, 2.24) is 0 Å². The first-order chi connectivity index (χ1) is 9.08. The number of carbonyl (C=O) groups excluding carboxylic acids is 2. The lowest BCUT2D eigenvalue weighted by molar-refractivity contribution is -0.164. The van der Waals surface area contributed by atoms with Crippen molar-refractivity contribution in [3.8, 4) is 0 Å². The summed E-state index contributed by atoms with van der Waals surface area (Å²) in [6.07, 6.45) is 5.38. The molecular weight excluding hydrogens is 244 g/mol. The topological polar surface area (TPSA) is 52.6 Å². The average Bonchev–Trinajstić information content (AvgIpc) is 2.35. The molecule has 0 saturated heterocycles. The van der Waals surface area contributed by atoms with Gasteiger partial charge in [-0.15, -0.1) is 0 Å². The van der Waals surface area contributed by atoms with E-state index in [9.17, 15) is 9.59 Å². The maximum absolute atomic E-state index is 11.9. The summed E-state index contributed by atoms with van der Waals surface area (Å²) in [5, 5.41) is 0. The zero-order valence-corrected chi connectivity index (χ0v) is 12.7. The van der Waals surface area contributed by atoms with Gasteiger partial charge in [-0.25, -0.2) is 0 Å². The molecule has 0 aliphatic carbocycles. The molecule has 0 radical (unpaired) electrons. The van der Waals surface area contributed by atoms with Crippen LogP contribution in [0.5, 0.6) is 0 Å². The maximum Gasteiger partial charge on any atom is 0.320 e. The molecule has 0 aromatic carbocycles. The lowest BCUT2D eigenvalue weighted by Gasteiger charge is -2.20. The molecule has 0 unspecified atom stereocenters. The van der Waals surface area contributed by atoms with Crippen LogP contribution in [0.3, 0.4) is 0 Å². The van der Waals surface area contributed by atoms with E-state index in [1.54, 1.807) is 13.8 Å². The molecule has 0 amide bonds. The van der Waals surface area contributed by atoms with E-state index in [-0.39, 0.29) is 19.1 Å². The second-order valence-electron chi connectivity index (χ2n) is 4.81. The predicted octanol–water partition coefficient (Wildman–Crippen LogP) is 3.34. The minimum absolute atomic E-state index is 0.0324. The second-order valence-corrected chi connectivity index (χ2v) is 4.81. The van der Waals surface area contributed by atoms with E-state index in [1.807, 2.05) is 6.92 Å². The minimum atomic E-state index is -0.776. The summed E-state index contributed by atoms with van der Waals surface area (Å²) in [6.45, 7) is 8.14. The van der Waals surface area contributed by atoms with Gasteiger partial charge in [-0.1, -0.05) is 39.5 Å². The summed E-state index contributed by atoms with van der Waals surface area (Å²) in [4.78, 5) is 23.7. The number of carbonyl (C=O) groups is 2. The monoisotopic (exact) mass is 272 g/mol. The Hall–Kier alpha value is -1.06. The molecule has 1 atom stereocenters. The molecule has 0 N–H and O–H groups in total. The van der Waals surface area contributed by atoms with Crippen LogP contribution in [-0.4, -0.2) is 25.2 Å². The van der Waals surface area contributed by atoms with Gasteiger partial charge in [-0.2, -0.15) is 0 Å². The Kier molecular flexibility index (Phi) is 10.2. The molecule has 0 aliphatic heterocycles. The van der Waals surface area contributed by atoms with Crippen molar-refractivity contribution in [1.29, 1.82) is 0 Å². The molecule has 0 aromatic heterocycles. The largest absolute Gasteiger partial charge is 0.465 e. The molecule has 4 heteroatoms. The first-order valence-corrected chi connectivity index (χ1v) is 7.41. The number of esters is 2. The highest BCUT2D eigenvalue weighted by Gasteiger charge is 2.34. The summed E-state index contributed by atoms with van der Waals surface area (Å²) >= 11 is 0. The van der Waals surface area contributed by atoms with Crippen molar-refractivity contribution in [2.24, 2.45) is 11.8 Å². The molecule has 19 heavy (non-hydrogen) atoms. The predicted molar refractivity (Wildman–Crippen MR) is 74.7 cm³/mol. The van der Waals surface area contributed by atoms with Gasteiger partial charge < -0.3 is 9.47 Å². The molecule has 0 saturated carbocycles. The Morgan fingerprint density at radius 3 is 1.84 bits per heavy atom. The van der Waals surface area contributed by atoms with Gasteiger partial charge in [0.15, 0.2) is 5.92 Å². The van der Waals surface area contributed by atoms with E-state index >= 15 is 0 Å². The van der Waals surface area contributed by atoms with Crippen LogP contribution in [0.4, 0.5) is 0 Å². The van der Waals surface area contributed by atoms with E-state index in [0.29, 0.717) is 0 Å². The standard InChI is InChI=1S/C15H28O4/c1-5-8-9-10-11-12(4)13(14(16)18-6-2)15(17)19-7-3/h12-13H,5-11H2,1-4H3/t12-/m0/s1. The zero-order chi connectivity index (χ0) is 14.7. The van der Waals surface area contributed by atoms with Gasteiger partial charge in [0.1, 0.15) is 0 Å². The molecule has 0 rings (SSSR count).